The van der Waals surface area contributed by atoms with Gasteiger partial charge in [0.15, 0.2) is 0 Å². The van der Waals surface area contributed by atoms with Crippen LogP contribution in [0.4, 0.5) is 0 Å². The van der Waals surface area contributed by atoms with E-state index in [1.54, 1.807) is 25.3 Å². The predicted molar refractivity (Wildman–Crippen MR) is 97.3 cm³/mol. The van der Waals surface area contributed by atoms with E-state index in [1.807, 2.05) is 24.3 Å². The molecule has 2 rings (SSSR count). The van der Waals surface area contributed by atoms with E-state index in [1.165, 1.54) is 4.90 Å². The maximum absolute atomic E-state index is 12.4. The molecule has 24 heavy (non-hydrogen) atoms. The Bertz CT molecular complexity index is 703. The molecule has 0 aliphatic heterocycles. The van der Waals surface area contributed by atoms with Gasteiger partial charge in [-0.3, -0.25) is 4.79 Å². The Hall–Kier alpha value is -1.75. The van der Waals surface area contributed by atoms with Crippen molar-refractivity contribution < 1.29 is 14.4 Å². The summed E-state index contributed by atoms with van der Waals surface area (Å²) in [5.74, 6) is 0.597. The third kappa shape index (κ3) is 4.63. The van der Waals surface area contributed by atoms with Crippen molar-refractivity contribution in [1.82, 2.24) is 5.32 Å². The van der Waals surface area contributed by atoms with Crippen molar-refractivity contribution >= 4 is 29.1 Å². The number of carbonyl (C=O) groups excluding carboxylic acids is 1. The molecule has 6 heteroatoms. The summed E-state index contributed by atoms with van der Waals surface area (Å²) in [5.41, 5.74) is 1.54. The molecule has 0 radical (unpaired) electrons. The molecule has 0 unspecified atom stereocenters. The maximum atomic E-state index is 12.4. The summed E-state index contributed by atoms with van der Waals surface area (Å²) in [7, 11) is 5.74. The van der Waals surface area contributed by atoms with Gasteiger partial charge in [-0.05, 0) is 42.5 Å². The van der Waals surface area contributed by atoms with Gasteiger partial charge in [-0.25, -0.2) is 0 Å². The van der Waals surface area contributed by atoms with Crippen molar-refractivity contribution in [2.75, 3.05) is 27.7 Å². The Morgan fingerprint density at radius 1 is 1.17 bits per heavy atom. The highest BCUT2D eigenvalue weighted by atomic mass is 35.5. The molecule has 0 aromatic heterocycles. The van der Waals surface area contributed by atoms with E-state index >= 15 is 0 Å². The molecule has 0 spiro atoms. The molecule has 1 amide bonds. The van der Waals surface area contributed by atoms with E-state index in [0.717, 1.165) is 11.3 Å². The normalized spacial score (nSPS) is 12.1. The zero-order valence-corrected chi connectivity index (χ0v) is 15.4. The average molecular weight is 368 g/mol. The lowest BCUT2D eigenvalue weighted by molar-refractivity contribution is -0.890. The minimum Gasteiger partial charge on any atom is -0.497 e. The van der Waals surface area contributed by atoms with Crippen LogP contribution < -0.4 is 15.0 Å². The Labute approximate surface area is 152 Å². The molecule has 2 aromatic carbocycles. The zero-order chi connectivity index (χ0) is 17.7. The molecule has 0 bridgehead atoms. The number of quaternary nitrogens is 1. The second-order valence-corrected chi connectivity index (χ2v) is 6.58. The SMILES string of the molecule is COc1ccc([C@H](CNC(=O)c2ccc(Cl)cc2Cl)[NH+](C)C)cc1. The maximum Gasteiger partial charge on any atom is 0.253 e. The van der Waals surface area contributed by atoms with Gasteiger partial charge in [0.05, 0.1) is 38.3 Å². The number of nitrogens with one attached hydrogen (secondary N) is 2. The second-order valence-electron chi connectivity index (χ2n) is 5.74. The number of halogens is 2. The molecule has 0 aliphatic carbocycles. The number of ether oxygens (including phenoxy) is 1. The highest BCUT2D eigenvalue weighted by Crippen LogP contribution is 2.21. The topological polar surface area (TPSA) is 42.8 Å². The van der Waals surface area contributed by atoms with Crippen LogP contribution in [0.3, 0.4) is 0 Å². The van der Waals surface area contributed by atoms with Gasteiger partial charge in [0.2, 0.25) is 0 Å². The summed E-state index contributed by atoms with van der Waals surface area (Å²) < 4.78 is 5.19. The van der Waals surface area contributed by atoms with Crippen LogP contribution >= 0.6 is 23.2 Å². The fourth-order valence-corrected chi connectivity index (χ4v) is 2.95. The second kappa shape index (κ2) is 8.38. The number of rotatable bonds is 6. The molecule has 4 nitrogen and oxygen atoms in total. The molecular formula is C18H21Cl2N2O2+. The molecule has 2 N–H and O–H groups in total. The van der Waals surface area contributed by atoms with Crippen molar-refractivity contribution in [3.8, 4) is 5.75 Å². The van der Waals surface area contributed by atoms with E-state index in [2.05, 4.69) is 19.4 Å². The predicted octanol–water partition coefficient (Wildman–Crippen LogP) is 2.62. The summed E-state index contributed by atoms with van der Waals surface area (Å²) >= 11 is 12.0. The molecule has 0 fully saturated rings. The lowest BCUT2D eigenvalue weighted by atomic mass is 10.1. The average Bonchev–Trinajstić information content (AvgIpc) is 2.55. The third-order valence-electron chi connectivity index (χ3n) is 3.86. The Morgan fingerprint density at radius 3 is 2.38 bits per heavy atom. The molecule has 0 aliphatic rings. The summed E-state index contributed by atoms with van der Waals surface area (Å²) in [4.78, 5) is 13.6. The molecule has 0 heterocycles. The summed E-state index contributed by atoms with van der Waals surface area (Å²) in [6, 6.07) is 12.8. The van der Waals surface area contributed by atoms with Crippen molar-refractivity contribution in [1.29, 1.82) is 0 Å². The lowest BCUT2D eigenvalue weighted by Gasteiger charge is -2.22. The van der Waals surface area contributed by atoms with Crippen LogP contribution in [0.2, 0.25) is 10.0 Å². The zero-order valence-electron chi connectivity index (χ0n) is 13.9. The van der Waals surface area contributed by atoms with Crippen molar-refractivity contribution in [3.63, 3.8) is 0 Å². The van der Waals surface area contributed by atoms with E-state index in [4.69, 9.17) is 27.9 Å². The number of methoxy groups -OCH3 is 1. The Balaban J connectivity index is 2.09. The third-order valence-corrected chi connectivity index (χ3v) is 4.41. The number of benzene rings is 2. The largest absolute Gasteiger partial charge is 0.497 e. The van der Waals surface area contributed by atoms with Crippen LogP contribution in [0.1, 0.15) is 22.0 Å². The van der Waals surface area contributed by atoms with E-state index in [-0.39, 0.29) is 11.9 Å². The van der Waals surface area contributed by atoms with Crippen LogP contribution in [0, 0.1) is 0 Å². The monoisotopic (exact) mass is 367 g/mol. The fourth-order valence-electron chi connectivity index (χ4n) is 2.46. The first-order valence-electron chi connectivity index (χ1n) is 7.59. The number of amides is 1. The van der Waals surface area contributed by atoms with Gasteiger partial charge in [-0.15, -0.1) is 0 Å². The van der Waals surface area contributed by atoms with E-state index in [0.29, 0.717) is 22.2 Å². The van der Waals surface area contributed by atoms with Crippen LogP contribution in [-0.4, -0.2) is 33.7 Å². The molecule has 2 aromatic rings. The van der Waals surface area contributed by atoms with Gasteiger partial charge in [-0.1, -0.05) is 23.2 Å². The van der Waals surface area contributed by atoms with Crippen LogP contribution in [0.15, 0.2) is 42.5 Å². The Kier molecular flexibility index (Phi) is 6.49. The number of hydrogen-bond donors (Lipinski definition) is 2. The van der Waals surface area contributed by atoms with Crippen LogP contribution in [-0.2, 0) is 0 Å². The minimum atomic E-state index is -0.212. The smallest absolute Gasteiger partial charge is 0.253 e. The lowest BCUT2D eigenvalue weighted by Crippen LogP contribution is -3.07. The minimum absolute atomic E-state index is 0.117. The van der Waals surface area contributed by atoms with Crippen LogP contribution in [0.5, 0.6) is 5.75 Å². The number of hydrogen-bond acceptors (Lipinski definition) is 2. The summed E-state index contributed by atoms with van der Waals surface area (Å²) in [5, 5.41) is 3.80. The quantitative estimate of drug-likeness (QED) is 0.823. The van der Waals surface area contributed by atoms with Gasteiger partial charge >= 0.3 is 0 Å². The van der Waals surface area contributed by atoms with Crippen LogP contribution in [0.25, 0.3) is 0 Å². The first kappa shape index (κ1) is 18.6. The number of carbonyl (C=O) groups is 1. The standard InChI is InChI=1S/C18H20Cl2N2O2/c1-22(2)17(12-4-7-14(24-3)8-5-12)11-21-18(23)15-9-6-13(19)10-16(15)20/h4-10,17H,11H2,1-3H3,(H,21,23)/p+1/t17-/m0/s1. The van der Waals surface area contributed by atoms with Gasteiger partial charge in [0.25, 0.3) is 5.91 Å². The highest BCUT2D eigenvalue weighted by molar-refractivity contribution is 6.36. The Morgan fingerprint density at radius 2 is 1.83 bits per heavy atom. The number of likely N-dealkylation sites (N-methyl/N-ethyl adjacent to an activating group) is 1. The van der Waals surface area contributed by atoms with Crippen molar-refractivity contribution in [3.05, 3.63) is 63.6 Å². The molecule has 0 saturated heterocycles. The van der Waals surface area contributed by atoms with E-state index < -0.39 is 0 Å². The summed E-state index contributed by atoms with van der Waals surface area (Å²) in [6.45, 7) is 0.493. The fraction of sp³-hybridized carbons (Fsp3) is 0.278. The highest BCUT2D eigenvalue weighted by Gasteiger charge is 2.20. The van der Waals surface area contributed by atoms with Crippen molar-refractivity contribution in [2.24, 2.45) is 0 Å². The van der Waals surface area contributed by atoms with Gasteiger partial charge < -0.3 is 15.0 Å². The van der Waals surface area contributed by atoms with Gasteiger partial charge in [-0.2, -0.15) is 0 Å². The van der Waals surface area contributed by atoms with E-state index in [9.17, 15) is 4.79 Å². The molecule has 1 atom stereocenters. The molecule has 128 valence electrons. The first-order valence-corrected chi connectivity index (χ1v) is 8.35. The summed E-state index contributed by atoms with van der Waals surface area (Å²) in [6.07, 6.45) is 0. The molecule has 0 saturated carbocycles. The molecular weight excluding hydrogens is 347 g/mol. The first-order chi connectivity index (χ1) is 11.4. The van der Waals surface area contributed by atoms with Gasteiger partial charge in [0, 0.05) is 10.6 Å². The van der Waals surface area contributed by atoms with Gasteiger partial charge in [0.1, 0.15) is 11.8 Å². The van der Waals surface area contributed by atoms with Crippen molar-refractivity contribution in [2.45, 2.75) is 6.04 Å².